The van der Waals surface area contributed by atoms with Gasteiger partial charge in [0.05, 0.1) is 16.3 Å². The number of sulfonamides is 1. The summed E-state index contributed by atoms with van der Waals surface area (Å²) in [5.74, 6) is 0. The molecule has 0 radical (unpaired) electrons. The zero-order valence-corrected chi connectivity index (χ0v) is 12.9. The molecule has 0 atom stereocenters. The minimum Gasteiger partial charge on any atom is -0.397 e. The van der Waals surface area contributed by atoms with E-state index in [1.165, 1.54) is 4.31 Å². The van der Waals surface area contributed by atoms with Crippen LogP contribution in [0.2, 0.25) is 0 Å². The number of anilines is 2. The first kappa shape index (κ1) is 13.9. The number of nitrogen functional groups attached to an aromatic ring is 1. The van der Waals surface area contributed by atoms with Gasteiger partial charge in [0.2, 0.25) is 0 Å². The first-order chi connectivity index (χ1) is 9.91. The Morgan fingerprint density at radius 3 is 2.62 bits per heavy atom. The zero-order valence-electron chi connectivity index (χ0n) is 12.1. The van der Waals surface area contributed by atoms with Gasteiger partial charge in [-0.2, -0.15) is 0 Å². The molecule has 2 N–H and O–H groups in total. The largest absolute Gasteiger partial charge is 0.397 e. The molecule has 1 aliphatic rings. The van der Waals surface area contributed by atoms with Crippen molar-refractivity contribution in [2.45, 2.75) is 25.2 Å². The van der Waals surface area contributed by atoms with E-state index in [1.807, 2.05) is 38.1 Å². The van der Waals surface area contributed by atoms with Crippen molar-refractivity contribution in [2.75, 3.05) is 16.6 Å². The molecule has 5 heteroatoms. The van der Waals surface area contributed by atoms with Crippen LogP contribution in [0.4, 0.5) is 11.4 Å². The molecule has 4 nitrogen and oxygen atoms in total. The van der Waals surface area contributed by atoms with Crippen molar-refractivity contribution in [3.05, 3.63) is 53.1 Å². The summed E-state index contributed by atoms with van der Waals surface area (Å²) in [4.78, 5) is 0.351. The molecule has 0 spiro atoms. The fraction of sp³-hybridized carbons (Fsp3) is 0.250. The number of rotatable bonds is 2. The second kappa shape index (κ2) is 4.77. The molecular formula is C16H18N2O2S. The Labute approximate surface area is 125 Å². The predicted molar refractivity (Wildman–Crippen MR) is 85.0 cm³/mol. The van der Waals surface area contributed by atoms with E-state index in [1.54, 1.807) is 12.1 Å². The van der Waals surface area contributed by atoms with Gasteiger partial charge in [-0.15, -0.1) is 0 Å². The monoisotopic (exact) mass is 302 g/mol. The molecule has 0 amide bonds. The molecule has 0 saturated heterocycles. The van der Waals surface area contributed by atoms with Crippen LogP contribution in [0.3, 0.4) is 0 Å². The first-order valence-corrected chi connectivity index (χ1v) is 8.32. The van der Waals surface area contributed by atoms with Gasteiger partial charge in [0.25, 0.3) is 10.0 Å². The van der Waals surface area contributed by atoms with Crippen LogP contribution in [-0.4, -0.2) is 15.0 Å². The smallest absolute Gasteiger partial charge is 0.264 e. The molecule has 1 heterocycles. The Morgan fingerprint density at radius 2 is 1.90 bits per heavy atom. The van der Waals surface area contributed by atoms with Gasteiger partial charge in [-0.25, -0.2) is 8.42 Å². The third kappa shape index (κ3) is 2.17. The maximum Gasteiger partial charge on any atom is 0.264 e. The molecule has 110 valence electrons. The van der Waals surface area contributed by atoms with E-state index in [9.17, 15) is 8.42 Å². The Morgan fingerprint density at radius 1 is 1.14 bits per heavy atom. The lowest BCUT2D eigenvalue weighted by Crippen LogP contribution is -2.30. The van der Waals surface area contributed by atoms with E-state index >= 15 is 0 Å². The SMILES string of the molecule is Cc1ccc(S(=O)(=O)N2CCc3cccc(N)c32)c(C)c1. The van der Waals surface area contributed by atoms with Crippen molar-refractivity contribution >= 4 is 21.4 Å². The second-order valence-electron chi connectivity index (χ2n) is 5.45. The lowest BCUT2D eigenvalue weighted by Gasteiger charge is -2.22. The maximum absolute atomic E-state index is 13.0. The van der Waals surface area contributed by atoms with Gasteiger partial charge >= 0.3 is 0 Å². The summed E-state index contributed by atoms with van der Waals surface area (Å²) in [6.45, 7) is 4.22. The predicted octanol–water partition coefficient (Wildman–Crippen LogP) is 2.64. The summed E-state index contributed by atoms with van der Waals surface area (Å²) in [5.41, 5.74) is 9.94. The second-order valence-corrected chi connectivity index (χ2v) is 7.28. The Hall–Kier alpha value is -2.01. The summed E-state index contributed by atoms with van der Waals surface area (Å²) < 4.78 is 27.3. The lowest BCUT2D eigenvalue weighted by atomic mass is 10.1. The van der Waals surface area contributed by atoms with Crippen LogP contribution in [0.1, 0.15) is 16.7 Å². The number of benzene rings is 2. The van der Waals surface area contributed by atoms with Gasteiger partial charge < -0.3 is 5.73 Å². The van der Waals surface area contributed by atoms with Crippen molar-refractivity contribution < 1.29 is 8.42 Å². The van der Waals surface area contributed by atoms with E-state index in [2.05, 4.69) is 0 Å². The molecule has 0 saturated carbocycles. The van der Waals surface area contributed by atoms with Crippen LogP contribution in [0.25, 0.3) is 0 Å². The highest BCUT2D eigenvalue weighted by Crippen LogP contribution is 2.37. The van der Waals surface area contributed by atoms with Crippen LogP contribution in [0.5, 0.6) is 0 Å². The average Bonchev–Trinajstić information content (AvgIpc) is 2.84. The van der Waals surface area contributed by atoms with Gasteiger partial charge in [0.1, 0.15) is 0 Å². The molecule has 1 aliphatic heterocycles. The quantitative estimate of drug-likeness (QED) is 0.867. The number of hydrogen-bond donors (Lipinski definition) is 1. The highest BCUT2D eigenvalue weighted by Gasteiger charge is 2.33. The molecule has 0 bridgehead atoms. The van der Waals surface area contributed by atoms with Gasteiger partial charge in [0, 0.05) is 6.54 Å². The normalized spacial score (nSPS) is 14.3. The zero-order chi connectivity index (χ0) is 15.2. The molecule has 0 fully saturated rings. The first-order valence-electron chi connectivity index (χ1n) is 6.88. The number of nitrogens with zero attached hydrogens (tertiary/aromatic N) is 1. The van der Waals surface area contributed by atoms with Gasteiger partial charge in [0.15, 0.2) is 0 Å². The van der Waals surface area contributed by atoms with E-state index in [0.717, 1.165) is 16.7 Å². The minimum atomic E-state index is -3.57. The third-order valence-corrected chi connectivity index (χ3v) is 5.84. The average molecular weight is 302 g/mol. The van der Waals surface area contributed by atoms with Crippen LogP contribution in [0.15, 0.2) is 41.3 Å². The highest BCUT2D eigenvalue weighted by molar-refractivity contribution is 7.93. The lowest BCUT2D eigenvalue weighted by molar-refractivity contribution is 0.591. The van der Waals surface area contributed by atoms with Crippen LogP contribution >= 0.6 is 0 Å². The molecule has 0 unspecified atom stereocenters. The van der Waals surface area contributed by atoms with Gasteiger partial charge in [-0.1, -0.05) is 29.8 Å². The minimum absolute atomic E-state index is 0.351. The topological polar surface area (TPSA) is 63.4 Å². The van der Waals surface area contributed by atoms with Gasteiger partial charge in [-0.3, -0.25) is 4.31 Å². The molecule has 2 aromatic rings. The van der Waals surface area contributed by atoms with Gasteiger partial charge in [-0.05, 0) is 43.5 Å². The highest BCUT2D eigenvalue weighted by atomic mass is 32.2. The number of hydrogen-bond acceptors (Lipinski definition) is 3. The number of fused-ring (bicyclic) bond motifs is 1. The molecular weight excluding hydrogens is 284 g/mol. The summed E-state index contributed by atoms with van der Waals surface area (Å²) in [7, 11) is -3.57. The molecule has 0 aliphatic carbocycles. The molecule has 2 aromatic carbocycles. The van der Waals surface area contributed by atoms with E-state index in [4.69, 9.17) is 5.73 Å². The fourth-order valence-electron chi connectivity index (χ4n) is 2.90. The standard InChI is InChI=1S/C16H18N2O2S/c1-11-6-7-15(12(2)10-11)21(19,20)18-9-8-13-4-3-5-14(17)16(13)18/h3-7,10H,8-9,17H2,1-2H3. The van der Waals surface area contributed by atoms with Crippen molar-refractivity contribution in [1.29, 1.82) is 0 Å². The van der Waals surface area contributed by atoms with Crippen LogP contribution < -0.4 is 10.0 Å². The molecule has 21 heavy (non-hydrogen) atoms. The van der Waals surface area contributed by atoms with Crippen molar-refractivity contribution in [3.8, 4) is 0 Å². The van der Waals surface area contributed by atoms with E-state index in [0.29, 0.717) is 29.2 Å². The number of aryl methyl sites for hydroxylation is 2. The summed E-state index contributed by atoms with van der Waals surface area (Å²) in [6, 6.07) is 10.9. The fourth-order valence-corrected chi connectivity index (χ4v) is 4.64. The van der Waals surface area contributed by atoms with Crippen LogP contribution in [0, 0.1) is 13.8 Å². The summed E-state index contributed by atoms with van der Waals surface area (Å²) in [5, 5.41) is 0. The van der Waals surface area contributed by atoms with Crippen molar-refractivity contribution in [3.63, 3.8) is 0 Å². The van der Waals surface area contributed by atoms with E-state index < -0.39 is 10.0 Å². The third-order valence-electron chi connectivity index (χ3n) is 3.88. The Bertz CT molecular complexity index is 813. The molecule has 3 rings (SSSR count). The summed E-state index contributed by atoms with van der Waals surface area (Å²) in [6.07, 6.45) is 0.699. The number of para-hydroxylation sites is 1. The van der Waals surface area contributed by atoms with Crippen molar-refractivity contribution in [1.82, 2.24) is 0 Å². The maximum atomic E-state index is 13.0. The molecule has 0 aromatic heterocycles. The van der Waals surface area contributed by atoms with Crippen molar-refractivity contribution in [2.24, 2.45) is 0 Å². The van der Waals surface area contributed by atoms with Crippen LogP contribution in [-0.2, 0) is 16.4 Å². The Kier molecular flexibility index (Phi) is 3.17. The number of nitrogens with two attached hydrogens (primary N) is 1. The Balaban J connectivity index is 2.14. The van der Waals surface area contributed by atoms with E-state index in [-0.39, 0.29) is 0 Å². The summed E-state index contributed by atoms with van der Waals surface area (Å²) >= 11 is 0.